The first-order chi connectivity index (χ1) is 8.20. The van der Waals surface area contributed by atoms with Crippen LogP contribution in [0.15, 0.2) is 39.6 Å². The molecule has 0 saturated heterocycles. The average Bonchev–Trinajstić information content (AvgIpc) is 2.98. The van der Waals surface area contributed by atoms with Crippen molar-refractivity contribution >= 4 is 18.3 Å². The lowest BCUT2D eigenvalue weighted by Gasteiger charge is -2.14. The van der Waals surface area contributed by atoms with E-state index in [1.165, 1.54) is 6.26 Å². The Kier molecular flexibility index (Phi) is 5.00. The number of amides is 1. The van der Waals surface area contributed by atoms with E-state index >= 15 is 0 Å². The third kappa shape index (κ3) is 3.15. The van der Waals surface area contributed by atoms with E-state index in [4.69, 9.17) is 14.6 Å². The summed E-state index contributed by atoms with van der Waals surface area (Å²) < 4.78 is 10.3. The number of furan rings is 2. The molecule has 98 valence electrons. The maximum Gasteiger partial charge on any atom is 0.257 e. The molecule has 0 unspecified atom stereocenters. The SMILES string of the molecule is CN(Cc1ccco1)C(=O)c1coc(CN)c1.Cl. The fourth-order valence-corrected chi connectivity index (χ4v) is 1.53. The fraction of sp³-hybridized carbons (Fsp3) is 0.250. The molecule has 0 aliphatic carbocycles. The molecule has 0 bridgehead atoms. The highest BCUT2D eigenvalue weighted by Gasteiger charge is 2.15. The molecule has 0 spiro atoms. The van der Waals surface area contributed by atoms with Gasteiger partial charge in [-0.3, -0.25) is 4.79 Å². The minimum Gasteiger partial charge on any atom is -0.467 e. The van der Waals surface area contributed by atoms with E-state index in [0.717, 1.165) is 5.76 Å². The molecule has 0 atom stereocenters. The van der Waals surface area contributed by atoms with Gasteiger partial charge in [0, 0.05) is 7.05 Å². The lowest BCUT2D eigenvalue weighted by molar-refractivity contribution is 0.0775. The van der Waals surface area contributed by atoms with Gasteiger partial charge in [-0.15, -0.1) is 12.4 Å². The van der Waals surface area contributed by atoms with Crippen LogP contribution in [-0.2, 0) is 13.1 Å². The molecule has 1 amide bonds. The third-order valence-electron chi connectivity index (χ3n) is 2.42. The molecular formula is C12H15ClN2O3. The summed E-state index contributed by atoms with van der Waals surface area (Å²) in [6, 6.07) is 5.27. The normalized spacial score (nSPS) is 9.89. The second-order valence-corrected chi connectivity index (χ2v) is 3.75. The Bertz CT molecular complexity index is 493. The molecule has 0 aromatic carbocycles. The molecule has 2 rings (SSSR count). The van der Waals surface area contributed by atoms with Crippen molar-refractivity contribution in [2.45, 2.75) is 13.1 Å². The van der Waals surface area contributed by atoms with Crippen LogP contribution in [-0.4, -0.2) is 17.9 Å². The topological polar surface area (TPSA) is 72.6 Å². The van der Waals surface area contributed by atoms with Gasteiger partial charge in [-0.2, -0.15) is 0 Å². The first kappa shape index (κ1) is 14.3. The van der Waals surface area contributed by atoms with Gasteiger partial charge in [-0.25, -0.2) is 0 Å². The van der Waals surface area contributed by atoms with Gasteiger partial charge in [0.2, 0.25) is 0 Å². The molecule has 2 aromatic rings. The molecule has 0 radical (unpaired) electrons. The molecule has 18 heavy (non-hydrogen) atoms. The molecule has 0 fully saturated rings. The van der Waals surface area contributed by atoms with Crippen LogP contribution in [0.4, 0.5) is 0 Å². The molecule has 0 saturated carbocycles. The number of halogens is 1. The minimum absolute atomic E-state index is 0. The molecular weight excluding hydrogens is 256 g/mol. The van der Waals surface area contributed by atoms with E-state index in [-0.39, 0.29) is 24.9 Å². The van der Waals surface area contributed by atoms with Crippen LogP contribution < -0.4 is 5.73 Å². The van der Waals surface area contributed by atoms with E-state index in [2.05, 4.69) is 0 Å². The van der Waals surface area contributed by atoms with Crippen molar-refractivity contribution in [2.75, 3.05) is 7.05 Å². The maximum atomic E-state index is 12.0. The first-order valence-corrected chi connectivity index (χ1v) is 5.26. The summed E-state index contributed by atoms with van der Waals surface area (Å²) in [6.45, 7) is 0.712. The molecule has 6 heteroatoms. The Labute approximate surface area is 111 Å². The number of carbonyl (C=O) groups is 1. The van der Waals surface area contributed by atoms with Crippen molar-refractivity contribution < 1.29 is 13.6 Å². The Morgan fingerprint density at radius 1 is 1.39 bits per heavy atom. The van der Waals surface area contributed by atoms with E-state index < -0.39 is 0 Å². The van der Waals surface area contributed by atoms with Gasteiger partial charge in [0.15, 0.2) is 0 Å². The van der Waals surface area contributed by atoms with E-state index in [9.17, 15) is 4.79 Å². The summed E-state index contributed by atoms with van der Waals surface area (Å²) >= 11 is 0. The zero-order valence-corrected chi connectivity index (χ0v) is 10.8. The predicted octanol–water partition coefficient (Wildman–Crippen LogP) is 2.03. The standard InChI is InChI=1S/C12H14N2O3.ClH/c1-14(7-10-3-2-4-16-10)12(15)9-5-11(6-13)17-8-9;/h2-5,8H,6-7,13H2,1H3;1H. The van der Waals surface area contributed by atoms with Gasteiger partial charge in [-0.05, 0) is 18.2 Å². The molecule has 2 heterocycles. The van der Waals surface area contributed by atoms with Crippen molar-refractivity contribution in [1.82, 2.24) is 4.90 Å². The van der Waals surface area contributed by atoms with Crippen LogP contribution in [0.5, 0.6) is 0 Å². The molecule has 0 aliphatic heterocycles. The highest BCUT2D eigenvalue weighted by molar-refractivity contribution is 5.93. The largest absolute Gasteiger partial charge is 0.467 e. The molecule has 5 nitrogen and oxygen atoms in total. The summed E-state index contributed by atoms with van der Waals surface area (Å²) in [7, 11) is 1.71. The van der Waals surface area contributed by atoms with Crippen LogP contribution in [0, 0.1) is 0 Å². The summed E-state index contributed by atoms with van der Waals surface area (Å²) in [6.07, 6.45) is 3.00. The lowest BCUT2D eigenvalue weighted by atomic mass is 10.2. The van der Waals surface area contributed by atoms with E-state index in [0.29, 0.717) is 17.9 Å². The number of nitrogens with zero attached hydrogens (tertiary/aromatic N) is 1. The van der Waals surface area contributed by atoms with Crippen molar-refractivity contribution in [3.05, 3.63) is 47.8 Å². The molecule has 2 aromatic heterocycles. The van der Waals surface area contributed by atoms with Crippen molar-refractivity contribution in [2.24, 2.45) is 5.73 Å². The smallest absolute Gasteiger partial charge is 0.257 e. The predicted molar refractivity (Wildman–Crippen MR) is 68.4 cm³/mol. The summed E-state index contributed by atoms with van der Waals surface area (Å²) in [5.74, 6) is 1.22. The zero-order chi connectivity index (χ0) is 12.3. The second kappa shape index (κ2) is 6.28. The highest BCUT2D eigenvalue weighted by atomic mass is 35.5. The number of hydrogen-bond acceptors (Lipinski definition) is 4. The van der Waals surface area contributed by atoms with Crippen LogP contribution in [0.25, 0.3) is 0 Å². The second-order valence-electron chi connectivity index (χ2n) is 3.75. The Balaban J connectivity index is 0.00000162. The summed E-state index contributed by atoms with van der Waals surface area (Å²) in [5, 5.41) is 0. The molecule has 2 N–H and O–H groups in total. The van der Waals surface area contributed by atoms with Gasteiger partial charge in [-0.1, -0.05) is 0 Å². The Hall–Kier alpha value is -1.72. The van der Waals surface area contributed by atoms with Gasteiger partial charge in [0.05, 0.1) is 24.9 Å². The average molecular weight is 271 g/mol. The van der Waals surface area contributed by atoms with E-state index in [1.807, 2.05) is 6.07 Å². The van der Waals surface area contributed by atoms with Gasteiger partial charge < -0.3 is 19.5 Å². The minimum atomic E-state index is -0.121. The summed E-state index contributed by atoms with van der Waals surface area (Å²) in [5.41, 5.74) is 5.91. The molecule has 0 aliphatic rings. The Morgan fingerprint density at radius 3 is 2.72 bits per heavy atom. The third-order valence-corrected chi connectivity index (χ3v) is 2.42. The number of nitrogens with two attached hydrogens (primary N) is 1. The van der Waals surface area contributed by atoms with Gasteiger partial charge in [0.1, 0.15) is 17.8 Å². The Morgan fingerprint density at radius 2 is 2.17 bits per heavy atom. The lowest BCUT2D eigenvalue weighted by Crippen LogP contribution is -2.25. The highest BCUT2D eigenvalue weighted by Crippen LogP contribution is 2.12. The van der Waals surface area contributed by atoms with Crippen molar-refractivity contribution in [1.29, 1.82) is 0 Å². The maximum absolute atomic E-state index is 12.0. The zero-order valence-electron chi connectivity index (χ0n) is 9.96. The fourth-order valence-electron chi connectivity index (χ4n) is 1.53. The van der Waals surface area contributed by atoms with Gasteiger partial charge in [0.25, 0.3) is 5.91 Å². The van der Waals surface area contributed by atoms with Crippen LogP contribution in [0.1, 0.15) is 21.9 Å². The monoisotopic (exact) mass is 270 g/mol. The quantitative estimate of drug-likeness (QED) is 0.923. The van der Waals surface area contributed by atoms with Crippen molar-refractivity contribution in [3.8, 4) is 0 Å². The van der Waals surface area contributed by atoms with Crippen LogP contribution in [0.3, 0.4) is 0 Å². The summed E-state index contributed by atoms with van der Waals surface area (Å²) in [4.78, 5) is 13.5. The van der Waals surface area contributed by atoms with Gasteiger partial charge >= 0.3 is 0 Å². The number of hydrogen-bond donors (Lipinski definition) is 1. The number of rotatable bonds is 4. The van der Waals surface area contributed by atoms with Crippen molar-refractivity contribution in [3.63, 3.8) is 0 Å². The first-order valence-electron chi connectivity index (χ1n) is 5.26. The number of carbonyl (C=O) groups excluding carboxylic acids is 1. The van der Waals surface area contributed by atoms with Crippen LogP contribution in [0.2, 0.25) is 0 Å². The van der Waals surface area contributed by atoms with E-state index in [1.54, 1.807) is 30.3 Å². The van der Waals surface area contributed by atoms with Crippen LogP contribution >= 0.6 is 12.4 Å².